The van der Waals surface area contributed by atoms with Gasteiger partial charge in [-0.05, 0) is 17.7 Å². The van der Waals surface area contributed by atoms with Gasteiger partial charge in [-0.1, -0.05) is 59.6 Å². The number of aromatic nitrogens is 1. The van der Waals surface area contributed by atoms with Crippen molar-refractivity contribution in [1.29, 1.82) is 0 Å². The van der Waals surface area contributed by atoms with Gasteiger partial charge in [-0.15, -0.1) is 0 Å². The third-order valence-electron chi connectivity index (χ3n) is 2.46. The summed E-state index contributed by atoms with van der Waals surface area (Å²) in [7, 11) is 0. The number of rotatable bonds is 5. The van der Waals surface area contributed by atoms with Crippen molar-refractivity contribution < 1.29 is 4.74 Å². The van der Waals surface area contributed by atoms with Gasteiger partial charge < -0.3 is 10.2 Å². The van der Waals surface area contributed by atoms with Crippen LogP contribution in [0.3, 0.4) is 0 Å². The fraction of sp³-hybridized carbons (Fsp3) is 0.0714. The van der Waals surface area contributed by atoms with E-state index in [1.54, 1.807) is 0 Å². The van der Waals surface area contributed by atoms with Crippen LogP contribution in [-0.2, 0) is 0 Å². The Balaban J connectivity index is 1.99. The number of ether oxygens (including phenoxy) is 1. The van der Waals surface area contributed by atoms with E-state index in [1.807, 2.05) is 42.5 Å². The lowest BCUT2D eigenvalue weighted by Crippen LogP contribution is -2.10. The maximum atomic E-state index is 5.99. The number of nitrogens with one attached hydrogen (secondary N) is 1. The van der Waals surface area contributed by atoms with E-state index in [9.17, 15) is 0 Å². The molecule has 0 saturated heterocycles. The number of halogens is 2. The number of nitrogens with zero attached hydrogens (tertiary/aromatic N) is 1. The summed E-state index contributed by atoms with van der Waals surface area (Å²) in [5.74, 6) is 5.89. The molecule has 1 heterocycles. The van der Waals surface area contributed by atoms with Crippen molar-refractivity contribution in [3.05, 3.63) is 58.1 Å². The molecule has 0 radical (unpaired) electrons. The summed E-state index contributed by atoms with van der Waals surface area (Å²) < 4.78 is 5.47. The van der Waals surface area contributed by atoms with Crippen molar-refractivity contribution in [2.45, 2.75) is 0 Å². The molecule has 2 aromatic rings. The number of anilines is 1. The highest BCUT2D eigenvalue weighted by Crippen LogP contribution is 2.30. The maximum absolute atomic E-state index is 5.99. The minimum atomic E-state index is 0.279. The second kappa shape index (κ2) is 7.14. The minimum Gasteiger partial charge on any atom is -0.472 e. The van der Waals surface area contributed by atoms with Crippen LogP contribution in [-0.4, -0.2) is 11.6 Å². The first-order valence-corrected chi connectivity index (χ1v) is 6.63. The Morgan fingerprint density at radius 1 is 1.20 bits per heavy atom. The minimum absolute atomic E-state index is 0.279. The van der Waals surface area contributed by atoms with Gasteiger partial charge in [0, 0.05) is 0 Å². The SMILES string of the molecule is NNc1nc(OC/C=C/c2ccccc2)c(Cl)cc1Cl. The van der Waals surface area contributed by atoms with Crippen LogP contribution in [0.5, 0.6) is 5.88 Å². The van der Waals surface area contributed by atoms with E-state index in [1.165, 1.54) is 6.07 Å². The Morgan fingerprint density at radius 3 is 2.65 bits per heavy atom. The molecule has 0 aliphatic heterocycles. The van der Waals surface area contributed by atoms with Gasteiger partial charge in [0.1, 0.15) is 11.6 Å². The Labute approximate surface area is 127 Å². The highest BCUT2D eigenvalue weighted by atomic mass is 35.5. The average Bonchev–Trinajstić information content (AvgIpc) is 2.46. The molecule has 0 aliphatic carbocycles. The molecule has 3 N–H and O–H groups in total. The van der Waals surface area contributed by atoms with Crippen molar-refractivity contribution in [3.8, 4) is 5.88 Å². The smallest absolute Gasteiger partial charge is 0.235 e. The zero-order chi connectivity index (χ0) is 14.4. The topological polar surface area (TPSA) is 60.2 Å². The fourth-order valence-corrected chi connectivity index (χ4v) is 2.00. The van der Waals surface area contributed by atoms with Gasteiger partial charge >= 0.3 is 0 Å². The van der Waals surface area contributed by atoms with Crippen LogP contribution in [0.25, 0.3) is 6.08 Å². The van der Waals surface area contributed by atoms with E-state index in [-0.39, 0.29) is 5.88 Å². The summed E-state index contributed by atoms with van der Waals surface area (Å²) in [4.78, 5) is 4.08. The van der Waals surface area contributed by atoms with Crippen LogP contribution in [0.2, 0.25) is 10.0 Å². The molecule has 1 aromatic carbocycles. The van der Waals surface area contributed by atoms with Gasteiger partial charge in [-0.3, -0.25) is 0 Å². The molecule has 0 fully saturated rings. The number of nitrogens with two attached hydrogens (primary N) is 1. The van der Waals surface area contributed by atoms with E-state index in [2.05, 4.69) is 10.4 Å². The molecular formula is C14H13Cl2N3O. The predicted octanol–water partition coefficient (Wildman–Crippen LogP) is 3.77. The zero-order valence-electron chi connectivity index (χ0n) is 10.5. The Morgan fingerprint density at radius 2 is 1.95 bits per heavy atom. The summed E-state index contributed by atoms with van der Waals surface area (Å²) in [6.45, 7) is 0.341. The van der Waals surface area contributed by atoms with Crippen LogP contribution < -0.4 is 16.0 Å². The first kappa shape index (κ1) is 14.7. The molecule has 0 amide bonds. The van der Waals surface area contributed by atoms with E-state index >= 15 is 0 Å². The average molecular weight is 310 g/mol. The third kappa shape index (κ3) is 3.87. The van der Waals surface area contributed by atoms with Crippen LogP contribution in [0.1, 0.15) is 5.56 Å². The van der Waals surface area contributed by atoms with Gasteiger partial charge in [-0.2, -0.15) is 4.98 Å². The maximum Gasteiger partial charge on any atom is 0.235 e. The monoisotopic (exact) mass is 309 g/mol. The van der Waals surface area contributed by atoms with E-state index < -0.39 is 0 Å². The van der Waals surface area contributed by atoms with Gasteiger partial charge in [-0.25, -0.2) is 5.84 Å². The first-order chi connectivity index (χ1) is 9.70. The van der Waals surface area contributed by atoms with Crippen LogP contribution >= 0.6 is 23.2 Å². The molecule has 104 valence electrons. The van der Waals surface area contributed by atoms with E-state index in [4.69, 9.17) is 33.8 Å². The van der Waals surface area contributed by atoms with E-state index in [0.717, 1.165) is 5.56 Å². The lowest BCUT2D eigenvalue weighted by atomic mass is 10.2. The fourth-order valence-electron chi connectivity index (χ4n) is 1.53. The van der Waals surface area contributed by atoms with Crippen LogP contribution in [0, 0.1) is 0 Å². The summed E-state index contributed by atoms with van der Waals surface area (Å²) in [6, 6.07) is 11.4. The molecule has 0 saturated carbocycles. The Bertz CT molecular complexity index is 603. The third-order valence-corrected chi connectivity index (χ3v) is 3.02. The molecule has 2 rings (SSSR count). The number of hydrogen-bond donors (Lipinski definition) is 2. The molecule has 0 unspecified atom stereocenters. The molecule has 0 atom stereocenters. The number of nitrogen functional groups attached to an aromatic ring is 1. The number of hydrogen-bond acceptors (Lipinski definition) is 4. The number of hydrazine groups is 1. The molecule has 4 nitrogen and oxygen atoms in total. The van der Waals surface area contributed by atoms with Crippen molar-refractivity contribution in [2.75, 3.05) is 12.0 Å². The highest BCUT2D eigenvalue weighted by molar-refractivity contribution is 6.36. The van der Waals surface area contributed by atoms with Gasteiger partial charge in [0.05, 0.1) is 5.02 Å². The highest BCUT2D eigenvalue weighted by Gasteiger charge is 2.09. The predicted molar refractivity (Wildman–Crippen MR) is 83.0 cm³/mol. The molecule has 0 bridgehead atoms. The quantitative estimate of drug-likeness (QED) is 0.652. The van der Waals surface area contributed by atoms with E-state index in [0.29, 0.717) is 22.5 Å². The van der Waals surface area contributed by atoms with Crippen molar-refractivity contribution >= 4 is 35.1 Å². The van der Waals surface area contributed by atoms with Crippen molar-refractivity contribution in [3.63, 3.8) is 0 Å². The summed E-state index contributed by atoms with van der Waals surface area (Å²) in [5.41, 5.74) is 3.47. The summed E-state index contributed by atoms with van der Waals surface area (Å²) in [6.07, 6.45) is 3.82. The number of pyridine rings is 1. The van der Waals surface area contributed by atoms with Crippen LogP contribution in [0.15, 0.2) is 42.5 Å². The lowest BCUT2D eigenvalue weighted by molar-refractivity contribution is 0.350. The molecule has 0 aliphatic rings. The largest absolute Gasteiger partial charge is 0.472 e. The Hall–Kier alpha value is -1.75. The standard InChI is InChI=1S/C14H13Cl2N3O/c15-11-9-12(16)14(18-13(11)19-17)20-8-4-7-10-5-2-1-3-6-10/h1-7,9H,8,17H2,(H,18,19)/b7-4+. The second-order valence-corrected chi connectivity index (χ2v) is 4.69. The van der Waals surface area contributed by atoms with Crippen LogP contribution in [0.4, 0.5) is 5.82 Å². The van der Waals surface area contributed by atoms with Gasteiger partial charge in [0.15, 0.2) is 5.82 Å². The second-order valence-electron chi connectivity index (χ2n) is 3.87. The first-order valence-electron chi connectivity index (χ1n) is 5.87. The zero-order valence-corrected chi connectivity index (χ0v) is 12.0. The summed E-state index contributed by atoms with van der Waals surface area (Å²) >= 11 is 11.9. The normalized spacial score (nSPS) is 10.8. The molecule has 20 heavy (non-hydrogen) atoms. The lowest BCUT2D eigenvalue weighted by Gasteiger charge is -2.08. The molecule has 0 spiro atoms. The number of benzene rings is 1. The van der Waals surface area contributed by atoms with Gasteiger partial charge in [0.25, 0.3) is 0 Å². The van der Waals surface area contributed by atoms with Gasteiger partial charge in [0.2, 0.25) is 5.88 Å². The van der Waals surface area contributed by atoms with Crippen molar-refractivity contribution in [2.24, 2.45) is 5.84 Å². The van der Waals surface area contributed by atoms with Crippen molar-refractivity contribution in [1.82, 2.24) is 4.98 Å². The summed E-state index contributed by atoms with van der Waals surface area (Å²) in [5, 5.41) is 0.673. The Kier molecular flexibility index (Phi) is 5.24. The molecular weight excluding hydrogens is 297 g/mol. The molecule has 6 heteroatoms. The molecule has 1 aromatic heterocycles.